The lowest BCUT2D eigenvalue weighted by Crippen LogP contribution is -2.41. The van der Waals surface area contributed by atoms with Crippen molar-refractivity contribution in [3.8, 4) is 0 Å². The van der Waals surface area contributed by atoms with Gasteiger partial charge in [-0.05, 0) is 48.9 Å². The van der Waals surface area contributed by atoms with Gasteiger partial charge in [0.2, 0.25) is 5.91 Å². The van der Waals surface area contributed by atoms with Crippen LogP contribution in [0.15, 0.2) is 24.4 Å². The number of amides is 1. The normalized spacial score (nSPS) is 15.0. The van der Waals surface area contributed by atoms with E-state index in [1.807, 2.05) is 24.8 Å². The highest BCUT2D eigenvalue weighted by Crippen LogP contribution is 2.31. The molecular weight excluding hydrogens is 336 g/mol. The van der Waals surface area contributed by atoms with E-state index < -0.39 is 0 Å². The van der Waals surface area contributed by atoms with E-state index in [1.165, 1.54) is 23.7 Å². The van der Waals surface area contributed by atoms with Gasteiger partial charge in [-0.25, -0.2) is 0 Å². The maximum Gasteiger partial charge on any atom is 0.225 e. The molecule has 1 aromatic carbocycles. The Morgan fingerprint density at radius 3 is 2.67 bits per heavy atom. The van der Waals surface area contributed by atoms with Gasteiger partial charge in [0.05, 0.1) is 0 Å². The molecule has 0 fully saturated rings. The van der Waals surface area contributed by atoms with Crippen LogP contribution in [0.1, 0.15) is 45.2 Å². The SMILES string of the molecule is CCC(CN(CC)C(=O)C(C)C)CN1CCc2cc(/C(C=N)=C/N)ccc21. The van der Waals surface area contributed by atoms with E-state index in [9.17, 15) is 4.79 Å². The predicted molar refractivity (Wildman–Crippen MR) is 114 cm³/mol. The largest absolute Gasteiger partial charge is 0.404 e. The number of anilines is 1. The lowest BCUT2D eigenvalue weighted by atomic mass is 10.0. The molecule has 1 aliphatic rings. The van der Waals surface area contributed by atoms with E-state index in [0.29, 0.717) is 5.92 Å². The molecule has 0 bridgehead atoms. The Kier molecular flexibility index (Phi) is 7.45. The molecule has 1 aliphatic heterocycles. The molecule has 0 radical (unpaired) electrons. The zero-order chi connectivity index (χ0) is 20.0. The molecule has 1 unspecified atom stereocenters. The van der Waals surface area contributed by atoms with Gasteiger partial charge in [-0.15, -0.1) is 0 Å². The Balaban J connectivity index is 2.10. The fraction of sp³-hybridized carbons (Fsp3) is 0.545. The second-order valence-electron chi connectivity index (χ2n) is 7.61. The van der Waals surface area contributed by atoms with Crippen molar-refractivity contribution in [2.24, 2.45) is 17.6 Å². The van der Waals surface area contributed by atoms with Gasteiger partial charge in [0, 0.05) is 55.8 Å². The predicted octanol–water partition coefficient (Wildman–Crippen LogP) is 3.53. The van der Waals surface area contributed by atoms with Gasteiger partial charge >= 0.3 is 0 Å². The summed E-state index contributed by atoms with van der Waals surface area (Å²) in [6, 6.07) is 6.34. The van der Waals surface area contributed by atoms with Crippen molar-refractivity contribution in [1.29, 1.82) is 5.41 Å². The molecule has 0 saturated carbocycles. The van der Waals surface area contributed by atoms with Crippen molar-refractivity contribution in [3.63, 3.8) is 0 Å². The molecule has 0 aliphatic carbocycles. The Morgan fingerprint density at radius 1 is 1.37 bits per heavy atom. The number of nitrogens with two attached hydrogens (primary N) is 1. The number of nitrogens with zero attached hydrogens (tertiary/aromatic N) is 2. The van der Waals surface area contributed by atoms with E-state index in [4.69, 9.17) is 11.1 Å². The maximum atomic E-state index is 12.4. The highest BCUT2D eigenvalue weighted by Gasteiger charge is 2.25. The van der Waals surface area contributed by atoms with Crippen LogP contribution >= 0.6 is 0 Å². The van der Waals surface area contributed by atoms with E-state index in [-0.39, 0.29) is 11.8 Å². The number of nitrogens with one attached hydrogen (secondary N) is 1. The second-order valence-corrected chi connectivity index (χ2v) is 7.61. The van der Waals surface area contributed by atoms with Crippen LogP contribution in [-0.2, 0) is 11.2 Å². The monoisotopic (exact) mass is 370 g/mol. The Hall–Kier alpha value is -2.30. The van der Waals surface area contributed by atoms with Crippen LogP contribution in [0, 0.1) is 17.2 Å². The first-order chi connectivity index (χ1) is 12.9. The van der Waals surface area contributed by atoms with Gasteiger partial charge in [-0.2, -0.15) is 0 Å². The van der Waals surface area contributed by atoms with Gasteiger partial charge in [-0.3, -0.25) is 4.79 Å². The number of carbonyl (C=O) groups excluding carboxylic acids is 1. The first-order valence-electron chi connectivity index (χ1n) is 10.0. The topological polar surface area (TPSA) is 73.4 Å². The second kappa shape index (κ2) is 9.58. The number of hydrogen-bond acceptors (Lipinski definition) is 4. The summed E-state index contributed by atoms with van der Waals surface area (Å²) < 4.78 is 0. The van der Waals surface area contributed by atoms with Crippen LogP contribution in [-0.4, -0.2) is 43.2 Å². The Labute approximate surface area is 163 Å². The van der Waals surface area contributed by atoms with Crippen LogP contribution in [0.25, 0.3) is 5.57 Å². The first kappa shape index (κ1) is 21.0. The van der Waals surface area contributed by atoms with Crippen LogP contribution in [0.3, 0.4) is 0 Å². The average Bonchev–Trinajstić information content (AvgIpc) is 3.07. The molecule has 1 aromatic rings. The van der Waals surface area contributed by atoms with Gasteiger partial charge in [0.15, 0.2) is 0 Å². The molecular formula is C22H34N4O. The fourth-order valence-corrected chi connectivity index (χ4v) is 3.75. The minimum atomic E-state index is 0.0482. The van der Waals surface area contributed by atoms with Gasteiger partial charge in [0.25, 0.3) is 0 Å². The molecule has 1 atom stereocenters. The molecule has 5 nitrogen and oxygen atoms in total. The minimum absolute atomic E-state index is 0.0482. The minimum Gasteiger partial charge on any atom is -0.404 e. The van der Waals surface area contributed by atoms with Crippen molar-refractivity contribution in [1.82, 2.24) is 4.90 Å². The molecule has 3 N–H and O–H groups in total. The third-order valence-corrected chi connectivity index (χ3v) is 5.46. The number of hydrogen-bond donors (Lipinski definition) is 2. The van der Waals surface area contributed by atoms with Crippen molar-refractivity contribution in [3.05, 3.63) is 35.5 Å². The molecule has 148 valence electrons. The number of carbonyl (C=O) groups is 1. The molecule has 0 aromatic heterocycles. The molecule has 0 saturated heterocycles. The zero-order valence-electron chi connectivity index (χ0n) is 17.2. The summed E-state index contributed by atoms with van der Waals surface area (Å²) in [6.45, 7) is 11.8. The Bertz CT molecular complexity index is 696. The van der Waals surface area contributed by atoms with Gasteiger partial charge in [0.1, 0.15) is 0 Å². The Morgan fingerprint density at radius 2 is 2.11 bits per heavy atom. The molecule has 5 heteroatoms. The molecule has 1 heterocycles. The molecule has 2 rings (SSSR count). The summed E-state index contributed by atoms with van der Waals surface area (Å²) >= 11 is 0. The standard InChI is InChI=1S/C22H34N4O/c1-5-17(14-25(6-2)22(27)16(3)4)15-26-10-9-19-11-18(7-8-21(19)26)20(12-23)13-24/h7-8,11-13,16-17,23H,5-6,9-10,14-15,24H2,1-4H3/b20-13+,23-12?. The van der Waals surface area contributed by atoms with E-state index in [0.717, 1.165) is 50.2 Å². The summed E-state index contributed by atoms with van der Waals surface area (Å²) in [5.74, 6) is 0.751. The summed E-state index contributed by atoms with van der Waals surface area (Å²) in [5, 5.41) is 7.48. The lowest BCUT2D eigenvalue weighted by Gasteiger charge is -2.31. The van der Waals surface area contributed by atoms with Crippen LogP contribution in [0.5, 0.6) is 0 Å². The number of fused-ring (bicyclic) bond motifs is 1. The fourth-order valence-electron chi connectivity index (χ4n) is 3.75. The van der Waals surface area contributed by atoms with E-state index in [1.54, 1.807) is 0 Å². The molecule has 1 amide bonds. The van der Waals surface area contributed by atoms with E-state index >= 15 is 0 Å². The van der Waals surface area contributed by atoms with E-state index in [2.05, 4.69) is 30.9 Å². The number of rotatable bonds is 9. The molecule has 27 heavy (non-hydrogen) atoms. The molecule has 0 spiro atoms. The summed E-state index contributed by atoms with van der Waals surface area (Å²) in [7, 11) is 0. The van der Waals surface area contributed by atoms with Crippen molar-refractivity contribution >= 4 is 23.4 Å². The van der Waals surface area contributed by atoms with Gasteiger partial charge < -0.3 is 20.9 Å². The average molecular weight is 371 g/mol. The number of benzene rings is 1. The van der Waals surface area contributed by atoms with Crippen LogP contribution in [0.4, 0.5) is 5.69 Å². The zero-order valence-corrected chi connectivity index (χ0v) is 17.2. The lowest BCUT2D eigenvalue weighted by molar-refractivity contribution is -0.134. The highest BCUT2D eigenvalue weighted by molar-refractivity contribution is 6.08. The van der Waals surface area contributed by atoms with Crippen LogP contribution in [0.2, 0.25) is 0 Å². The smallest absolute Gasteiger partial charge is 0.225 e. The number of allylic oxidation sites excluding steroid dienone is 1. The summed E-state index contributed by atoms with van der Waals surface area (Å²) in [6.07, 6.45) is 4.85. The van der Waals surface area contributed by atoms with Crippen LogP contribution < -0.4 is 10.6 Å². The third kappa shape index (κ3) is 4.90. The maximum absolute atomic E-state index is 12.4. The first-order valence-corrected chi connectivity index (χ1v) is 10.0. The highest BCUT2D eigenvalue weighted by atomic mass is 16.2. The van der Waals surface area contributed by atoms with Crippen molar-refractivity contribution < 1.29 is 4.79 Å². The quantitative estimate of drug-likeness (QED) is 0.653. The van der Waals surface area contributed by atoms with Gasteiger partial charge in [-0.1, -0.05) is 26.8 Å². The van der Waals surface area contributed by atoms with Crippen molar-refractivity contribution in [2.45, 2.75) is 40.5 Å². The third-order valence-electron chi connectivity index (χ3n) is 5.46. The summed E-state index contributed by atoms with van der Waals surface area (Å²) in [5.41, 5.74) is 9.95. The summed E-state index contributed by atoms with van der Waals surface area (Å²) in [4.78, 5) is 16.8. The van der Waals surface area contributed by atoms with Crippen molar-refractivity contribution in [2.75, 3.05) is 31.1 Å².